The third kappa shape index (κ3) is 3.87. The Kier molecular flexibility index (Phi) is 5.32. The standard InChI is InChI=1S/C24H27N3O3/c28-24(25-10-9-18-15-26-20-5-2-1-4-19(18)20)16-27-11-3-6-21(27)17-7-8-22-23(14-17)30-13-12-29-22/h1-2,4-5,7-8,14-15,21,26H,3,6,9-13,16H2,(H,25,28)/t21-/m1/s1. The number of nitrogens with zero attached hydrogens (tertiary/aromatic N) is 1. The lowest BCUT2D eigenvalue weighted by molar-refractivity contribution is -0.122. The van der Waals surface area contributed by atoms with Crippen LogP contribution in [0.5, 0.6) is 11.5 Å². The summed E-state index contributed by atoms with van der Waals surface area (Å²) < 4.78 is 11.4. The van der Waals surface area contributed by atoms with Gasteiger partial charge in [0, 0.05) is 29.7 Å². The molecular formula is C24H27N3O3. The van der Waals surface area contributed by atoms with E-state index >= 15 is 0 Å². The van der Waals surface area contributed by atoms with Crippen molar-refractivity contribution in [3.05, 3.63) is 59.8 Å². The van der Waals surface area contributed by atoms with Crippen LogP contribution >= 0.6 is 0 Å². The molecule has 1 amide bonds. The van der Waals surface area contributed by atoms with Gasteiger partial charge in [-0.3, -0.25) is 9.69 Å². The van der Waals surface area contributed by atoms with Crippen molar-refractivity contribution in [1.82, 2.24) is 15.2 Å². The Morgan fingerprint density at radius 2 is 2.00 bits per heavy atom. The molecular weight excluding hydrogens is 378 g/mol. The summed E-state index contributed by atoms with van der Waals surface area (Å²) in [6.07, 6.45) is 5.01. The normalized spacial score (nSPS) is 18.6. The molecule has 2 N–H and O–H groups in total. The van der Waals surface area contributed by atoms with Crippen molar-refractivity contribution in [3.63, 3.8) is 0 Å². The molecule has 1 atom stereocenters. The molecule has 3 heterocycles. The van der Waals surface area contributed by atoms with Crippen molar-refractivity contribution in [2.75, 3.05) is 32.8 Å². The van der Waals surface area contributed by atoms with E-state index in [1.807, 2.05) is 24.4 Å². The number of likely N-dealkylation sites (tertiary alicyclic amines) is 1. The fraction of sp³-hybridized carbons (Fsp3) is 0.375. The summed E-state index contributed by atoms with van der Waals surface area (Å²) >= 11 is 0. The van der Waals surface area contributed by atoms with E-state index in [2.05, 4.69) is 39.5 Å². The van der Waals surface area contributed by atoms with Crippen molar-refractivity contribution < 1.29 is 14.3 Å². The molecule has 6 heteroatoms. The van der Waals surface area contributed by atoms with Gasteiger partial charge < -0.3 is 19.8 Å². The van der Waals surface area contributed by atoms with Crippen LogP contribution in [0, 0.1) is 0 Å². The zero-order chi connectivity index (χ0) is 20.3. The van der Waals surface area contributed by atoms with Crippen molar-refractivity contribution in [3.8, 4) is 11.5 Å². The maximum atomic E-state index is 12.6. The molecule has 5 rings (SSSR count). The van der Waals surface area contributed by atoms with Gasteiger partial charge in [-0.1, -0.05) is 24.3 Å². The minimum Gasteiger partial charge on any atom is -0.486 e. The molecule has 3 aromatic rings. The third-order valence-electron chi connectivity index (χ3n) is 6.05. The molecule has 156 valence electrons. The number of amides is 1. The SMILES string of the molecule is O=C(CN1CCC[C@@H]1c1ccc2c(c1)OCCO2)NCCc1c[nH]c2ccccc12. The van der Waals surface area contributed by atoms with E-state index in [4.69, 9.17) is 9.47 Å². The first kappa shape index (κ1) is 19.0. The first-order valence-electron chi connectivity index (χ1n) is 10.7. The summed E-state index contributed by atoms with van der Waals surface area (Å²) in [5.41, 5.74) is 3.57. The van der Waals surface area contributed by atoms with Crippen LogP contribution in [-0.4, -0.2) is 48.6 Å². The number of fused-ring (bicyclic) bond motifs is 2. The van der Waals surface area contributed by atoms with Crippen LogP contribution in [0.3, 0.4) is 0 Å². The Labute approximate surface area is 176 Å². The zero-order valence-corrected chi connectivity index (χ0v) is 17.0. The third-order valence-corrected chi connectivity index (χ3v) is 6.05. The van der Waals surface area contributed by atoms with Crippen LogP contribution in [0.15, 0.2) is 48.7 Å². The highest BCUT2D eigenvalue weighted by Gasteiger charge is 2.28. The van der Waals surface area contributed by atoms with Crippen LogP contribution in [0.1, 0.15) is 30.0 Å². The van der Waals surface area contributed by atoms with Crippen molar-refractivity contribution >= 4 is 16.8 Å². The molecule has 1 fully saturated rings. The van der Waals surface area contributed by atoms with Crippen LogP contribution in [0.25, 0.3) is 10.9 Å². The fourth-order valence-electron chi connectivity index (χ4n) is 4.58. The smallest absolute Gasteiger partial charge is 0.234 e. The Morgan fingerprint density at radius 3 is 2.93 bits per heavy atom. The topological polar surface area (TPSA) is 66.6 Å². The Morgan fingerprint density at radius 1 is 1.13 bits per heavy atom. The van der Waals surface area contributed by atoms with Crippen molar-refractivity contribution in [2.24, 2.45) is 0 Å². The number of benzene rings is 2. The second kappa shape index (κ2) is 8.40. The highest BCUT2D eigenvalue weighted by atomic mass is 16.6. The van der Waals surface area contributed by atoms with E-state index in [1.165, 1.54) is 16.5 Å². The van der Waals surface area contributed by atoms with Gasteiger partial charge in [-0.15, -0.1) is 0 Å². The summed E-state index contributed by atoms with van der Waals surface area (Å²) in [6, 6.07) is 14.7. The molecule has 1 aromatic heterocycles. The number of ether oxygens (including phenoxy) is 2. The highest BCUT2D eigenvalue weighted by molar-refractivity contribution is 5.83. The Balaban J connectivity index is 1.17. The first-order valence-corrected chi connectivity index (χ1v) is 10.7. The number of rotatable bonds is 6. The van der Waals surface area contributed by atoms with Gasteiger partial charge in [0.2, 0.25) is 5.91 Å². The van der Waals surface area contributed by atoms with Gasteiger partial charge in [0.15, 0.2) is 11.5 Å². The van der Waals surface area contributed by atoms with E-state index in [0.29, 0.717) is 26.3 Å². The second-order valence-corrected chi connectivity index (χ2v) is 7.99. The Bertz CT molecular complexity index is 1050. The number of aromatic amines is 1. The lowest BCUT2D eigenvalue weighted by Crippen LogP contribution is -2.37. The number of hydrogen-bond acceptors (Lipinski definition) is 4. The lowest BCUT2D eigenvalue weighted by Gasteiger charge is -2.26. The van der Waals surface area contributed by atoms with Gasteiger partial charge in [-0.05, 0) is 55.1 Å². The number of hydrogen-bond donors (Lipinski definition) is 2. The number of aromatic nitrogens is 1. The van der Waals surface area contributed by atoms with E-state index in [-0.39, 0.29) is 11.9 Å². The molecule has 1 saturated heterocycles. The predicted octanol–water partition coefficient (Wildman–Crippen LogP) is 3.43. The number of para-hydroxylation sites is 1. The minimum atomic E-state index is 0.0827. The molecule has 0 saturated carbocycles. The van der Waals surface area contributed by atoms with Crippen LogP contribution in [-0.2, 0) is 11.2 Å². The molecule has 2 aliphatic rings. The summed E-state index contributed by atoms with van der Waals surface area (Å²) in [5.74, 6) is 1.71. The number of carbonyl (C=O) groups is 1. The van der Waals surface area contributed by atoms with E-state index in [9.17, 15) is 4.79 Å². The summed E-state index contributed by atoms with van der Waals surface area (Å²) in [6.45, 7) is 3.19. The summed E-state index contributed by atoms with van der Waals surface area (Å²) in [5, 5.41) is 4.32. The van der Waals surface area contributed by atoms with Gasteiger partial charge in [0.1, 0.15) is 13.2 Å². The van der Waals surface area contributed by atoms with Gasteiger partial charge in [0.05, 0.1) is 6.54 Å². The minimum absolute atomic E-state index is 0.0827. The molecule has 2 aliphatic heterocycles. The fourth-order valence-corrected chi connectivity index (χ4v) is 4.58. The van der Waals surface area contributed by atoms with E-state index in [0.717, 1.165) is 42.8 Å². The average Bonchev–Trinajstić information content (AvgIpc) is 3.41. The van der Waals surface area contributed by atoms with Gasteiger partial charge in [0.25, 0.3) is 0 Å². The molecule has 0 bridgehead atoms. The van der Waals surface area contributed by atoms with Crippen LogP contribution in [0.2, 0.25) is 0 Å². The van der Waals surface area contributed by atoms with Crippen LogP contribution in [0.4, 0.5) is 0 Å². The first-order chi connectivity index (χ1) is 14.8. The largest absolute Gasteiger partial charge is 0.486 e. The number of nitrogens with one attached hydrogen (secondary N) is 2. The summed E-state index contributed by atoms with van der Waals surface area (Å²) in [7, 11) is 0. The molecule has 0 spiro atoms. The quantitative estimate of drug-likeness (QED) is 0.659. The Hall–Kier alpha value is -2.99. The average molecular weight is 405 g/mol. The molecule has 0 aliphatic carbocycles. The van der Waals surface area contributed by atoms with Gasteiger partial charge in [-0.25, -0.2) is 0 Å². The van der Waals surface area contributed by atoms with Crippen LogP contribution < -0.4 is 14.8 Å². The molecule has 0 radical (unpaired) electrons. The van der Waals surface area contributed by atoms with Crippen molar-refractivity contribution in [1.29, 1.82) is 0 Å². The molecule has 0 unspecified atom stereocenters. The molecule has 30 heavy (non-hydrogen) atoms. The monoisotopic (exact) mass is 405 g/mol. The van der Waals surface area contributed by atoms with Crippen molar-refractivity contribution in [2.45, 2.75) is 25.3 Å². The second-order valence-electron chi connectivity index (χ2n) is 7.99. The summed E-state index contributed by atoms with van der Waals surface area (Å²) in [4.78, 5) is 18.2. The maximum absolute atomic E-state index is 12.6. The highest BCUT2D eigenvalue weighted by Crippen LogP contribution is 2.37. The molecule has 2 aromatic carbocycles. The van der Waals surface area contributed by atoms with Gasteiger partial charge >= 0.3 is 0 Å². The zero-order valence-electron chi connectivity index (χ0n) is 17.0. The number of carbonyl (C=O) groups excluding carboxylic acids is 1. The van der Waals surface area contributed by atoms with E-state index < -0.39 is 0 Å². The number of H-pyrrole nitrogens is 1. The predicted molar refractivity (Wildman–Crippen MR) is 116 cm³/mol. The lowest BCUT2D eigenvalue weighted by atomic mass is 10.0. The van der Waals surface area contributed by atoms with E-state index in [1.54, 1.807) is 0 Å². The maximum Gasteiger partial charge on any atom is 0.234 e. The molecule has 6 nitrogen and oxygen atoms in total. The van der Waals surface area contributed by atoms with Gasteiger partial charge in [-0.2, -0.15) is 0 Å².